The summed E-state index contributed by atoms with van der Waals surface area (Å²) in [5, 5.41) is 0.411. The molecule has 3 heterocycles. The predicted octanol–water partition coefficient (Wildman–Crippen LogP) is 5.89. The fourth-order valence-electron chi connectivity index (χ4n) is 4.82. The van der Waals surface area contributed by atoms with E-state index in [4.69, 9.17) is 9.97 Å². The second-order valence-corrected chi connectivity index (χ2v) is 19.7. The highest BCUT2D eigenvalue weighted by Crippen LogP contribution is 2.36. The monoisotopic (exact) mass is 625 g/mol. The van der Waals surface area contributed by atoms with Crippen LogP contribution >= 0.6 is 0 Å². The van der Waals surface area contributed by atoms with Crippen LogP contribution in [-0.2, 0) is 23.0 Å². The Bertz CT molecular complexity index is 1930. The van der Waals surface area contributed by atoms with Crippen LogP contribution < -0.4 is 4.90 Å². The highest BCUT2D eigenvalue weighted by molar-refractivity contribution is 7.90. The SMILES string of the molecule is CN(C)C=CC(=O)c1cn(S(=O)(=O)c2ccccc2)c2nc(C#C[Si](C)(C)C(C)(C)C)nc(N3CCc4ccccc4C3)c12. The zero-order valence-electron chi connectivity index (χ0n) is 26.4. The van der Waals surface area contributed by atoms with Crippen molar-refractivity contribution in [2.45, 2.75) is 56.8 Å². The molecule has 0 N–H and O–H groups in total. The van der Waals surface area contributed by atoms with Gasteiger partial charge in [0.05, 0.1) is 15.8 Å². The van der Waals surface area contributed by atoms with Gasteiger partial charge in [0.1, 0.15) is 13.9 Å². The average Bonchev–Trinajstić information content (AvgIpc) is 3.38. The minimum Gasteiger partial charge on any atom is -0.383 e. The third-order valence-corrected chi connectivity index (χ3v) is 14.6. The average molecular weight is 626 g/mol. The Morgan fingerprint density at radius 2 is 1.66 bits per heavy atom. The fourth-order valence-corrected chi connectivity index (χ4v) is 6.96. The first-order chi connectivity index (χ1) is 20.7. The van der Waals surface area contributed by atoms with E-state index in [0.717, 1.165) is 16.0 Å². The smallest absolute Gasteiger partial charge is 0.269 e. The summed E-state index contributed by atoms with van der Waals surface area (Å²) in [7, 11) is -2.51. The van der Waals surface area contributed by atoms with Crippen LogP contribution in [0.25, 0.3) is 11.0 Å². The van der Waals surface area contributed by atoms with Gasteiger partial charge in [-0.05, 0) is 40.6 Å². The van der Waals surface area contributed by atoms with Crippen molar-refractivity contribution in [2.75, 3.05) is 25.5 Å². The summed E-state index contributed by atoms with van der Waals surface area (Å²) in [5.74, 6) is 3.63. The normalized spacial score (nSPS) is 13.9. The zero-order chi connectivity index (χ0) is 31.9. The fraction of sp³-hybridized carbons (Fsp3) is 0.324. The van der Waals surface area contributed by atoms with E-state index in [2.05, 4.69) is 62.4 Å². The Morgan fingerprint density at radius 3 is 2.32 bits per heavy atom. The molecule has 5 rings (SSSR count). The topological polar surface area (TPSA) is 88.4 Å². The summed E-state index contributed by atoms with van der Waals surface area (Å²) in [6.45, 7) is 12.2. The van der Waals surface area contributed by atoms with Crippen LogP contribution in [0.5, 0.6) is 0 Å². The quantitative estimate of drug-likeness (QED) is 0.114. The molecular weight excluding hydrogens is 587 g/mol. The molecule has 4 aromatic rings. The van der Waals surface area contributed by atoms with Crippen molar-refractivity contribution in [1.29, 1.82) is 0 Å². The van der Waals surface area contributed by atoms with Crippen LogP contribution in [0.2, 0.25) is 18.1 Å². The maximum atomic E-state index is 14.1. The van der Waals surface area contributed by atoms with E-state index in [-0.39, 0.29) is 32.8 Å². The Kier molecular flexibility index (Phi) is 8.31. The van der Waals surface area contributed by atoms with E-state index in [1.165, 1.54) is 30.0 Å². The van der Waals surface area contributed by atoms with E-state index in [1.807, 2.05) is 26.2 Å². The molecule has 2 aromatic carbocycles. The van der Waals surface area contributed by atoms with Gasteiger partial charge in [-0.25, -0.2) is 22.4 Å². The largest absolute Gasteiger partial charge is 0.383 e. The Labute approximate surface area is 261 Å². The van der Waals surface area contributed by atoms with Crippen molar-refractivity contribution in [2.24, 2.45) is 0 Å². The molecule has 0 spiro atoms. The molecule has 0 saturated heterocycles. The van der Waals surface area contributed by atoms with Crippen molar-refractivity contribution in [1.82, 2.24) is 18.8 Å². The van der Waals surface area contributed by atoms with E-state index in [9.17, 15) is 13.2 Å². The lowest BCUT2D eigenvalue weighted by Crippen LogP contribution is -2.35. The van der Waals surface area contributed by atoms with E-state index in [0.29, 0.717) is 24.3 Å². The van der Waals surface area contributed by atoms with Crippen molar-refractivity contribution >= 4 is 40.7 Å². The standard InChI is InChI=1S/C34H39N5O3SSi/c1-34(2,3)44(6,7)22-19-30-35-32(38-21-17-25-13-11-12-14-26(25)23-38)31-28(29(40)18-20-37(4)5)24-39(33(31)36-30)43(41,42)27-15-9-8-10-16-27/h8-16,18,20,24H,17,21,23H2,1-7H3. The summed E-state index contributed by atoms with van der Waals surface area (Å²) in [5.41, 5.74) is 6.27. The number of nitrogens with zero attached hydrogens (tertiary/aromatic N) is 5. The number of anilines is 1. The van der Waals surface area contributed by atoms with Crippen molar-refractivity contribution in [3.05, 3.63) is 95.6 Å². The molecule has 0 amide bonds. The number of benzene rings is 2. The Hall–Kier alpha value is -4.20. The van der Waals surface area contributed by atoms with Gasteiger partial charge in [0.2, 0.25) is 5.82 Å². The number of hydrogen-bond acceptors (Lipinski definition) is 7. The maximum absolute atomic E-state index is 14.1. The van der Waals surface area contributed by atoms with Gasteiger partial charge in [-0.3, -0.25) is 4.79 Å². The first kappa shape index (κ1) is 31.2. The molecule has 1 aliphatic rings. The number of carbonyl (C=O) groups excluding carboxylic acids is 1. The number of fused-ring (bicyclic) bond motifs is 2. The van der Waals surface area contributed by atoms with Gasteiger partial charge >= 0.3 is 0 Å². The summed E-state index contributed by atoms with van der Waals surface area (Å²) >= 11 is 0. The molecule has 0 unspecified atom stereocenters. The van der Waals surface area contributed by atoms with Gasteiger partial charge in [-0.2, -0.15) is 0 Å². The molecule has 0 bridgehead atoms. The summed E-state index contributed by atoms with van der Waals surface area (Å²) in [4.78, 5) is 27.4. The lowest BCUT2D eigenvalue weighted by molar-refractivity contribution is 0.104. The van der Waals surface area contributed by atoms with Crippen molar-refractivity contribution < 1.29 is 13.2 Å². The van der Waals surface area contributed by atoms with Crippen LogP contribution in [0, 0.1) is 11.5 Å². The number of allylic oxidation sites excluding steroid dienone is 1. The van der Waals surface area contributed by atoms with Crippen LogP contribution in [0.15, 0.2) is 78.0 Å². The number of hydrogen-bond donors (Lipinski definition) is 0. The van der Waals surface area contributed by atoms with Gasteiger partial charge in [0.15, 0.2) is 11.4 Å². The predicted molar refractivity (Wildman–Crippen MR) is 179 cm³/mol. The highest BCUT2D eigenvalue weighted by Gasteiger charge is 2.34. The van der Waals surface area contributed by atoms with Crippen LogP contribution in [-0.4, -0.2) is 61.8 Å². The number of ketones is 1. The molecule has 0 fully saturated rings. The molecule has 0 atom stereocenters. The number of carbonyl (C=O) groups is 1. The minimum absolute atomic E-state index is 0.0126. The summed E-state index contributed by atoms with van der Waals surface area (Å²) < 4.78 is 29.3. The molecule has 8 nitrogen and oxygen atoms in total. The zero-order valence-corrected chi connectivity index (χ0v) is 28.2. The van der Waals surface area contributed by atoms with Crippen LogP contribution in [0.4, 0.5) is 5.82 Å². The van der Waals surface area contributed by atoms with E-state index >= 15 is 0 Å². The maximum Gasteiger partial charge on any atom is 0.269 e. The van der Waals surface area contributed by atoms with Gasteiger partial charge < -0.3 is 9.80 Å². The highest BCUT2D eigenvalue weighted by atomic mass is 32.2. The van der Waals surface area contributed by atoms with Crippen molar-refractivity contribution in [3.63, 3.8) is 0 Å². The van der Waals surface area contributed by atoms with E-state index < -0.39 is 18.1 Å². The molecule has 44 heavy (non-hydrogen) atoms. The molecule has 0 saturated carbocycles. The lowest BCUT2D eigenvalue weighted by Gasteiger charge is -2.31. The van der Waals surface area contributed by atoms with Crippen molar-refractivity contribution in [3.8, 4) is 11.5 Å². The van der Waals surface area contributed by atoms with E-state index in [1.54, 1.807) is 29.3 Å². The first-order valence-electron chi connectivity index (χ1n) is 14.7. The third-order valence-electron chi connectivity index (χ3n) is 8.48. The molecule has 1 aliphatic heterocycles. The first-order valence-corrected chi connectivity index (χ1v) is 19.1. The van der Waals surface area contributed by atoms with Crippen LogP contribution in [0.1, 0.15) is 48.1 Å². The second kappa shape index (κ2) is 11.7. The minimum atomic E-state index is -4.11. The Morgan fingerprint density at radius 1 is 1.00 bits per heavy atom. The number of aromatic nitrogens is 3. The van der Waals surface area contributed by atoms with Gasteiger partial charge in [0, 0.05) is 45.7 Å². The Balaban J connectivity index is 1.82. The number of rotatable bonds is 6. The van der Waals surface area contributed by atoms with Gasteiger partial charge in [0.25, 0.3) is 10.0 Å². The molecule has 228 valence electrons. The van der Waals surface area contributed by atoms with Gasteiger partial charge in [-0.15, -0.1) is 5.54 Å². The second-order valence-electron chi connectivity index (χ2n) is 12.9. The van der Waals surface area contributed by atoms with Gasteiger partial charge in [-0.1, -0.05) is 76.3 Å². The third kappa shape index (κ3) is 6.07. The van der Waals surface area contributed by atoms with Crippen LogP contribution in [0.3, 0.4) is 0 Å². The molecule has 10 heteroatoms. The lowest BCUT2D eigenvalue weighted by atomic mass is 9.99. The summed E-state index contributed by atoms with van der Waals surface area (Å²) in [6, 6.07) is 16.4. The molecular formula is C34H39N5O3SSi. The molecule has 0 aliphatic carbocycles. The molecule has 2 aromatic heterocycles. The summed E-state index contributed by atoms with van der Waals surface area (Å²) in [6.07, 6.45) is 5.26. The molecule has 0 radical (unpaired) electrons.